The number of nitrogens with zero attached hydrogens (tertiary/aromatic N) is 1. The monoisotopic (exact) mass is 399 g/mol. The summed E-state index contributed by atoms with van der Waals surface area (Å²) in [6, 6.07) is 13.2. The van der Waals surface area contributed by atoms with Gasteiger partial charge in [-0.2, -0.15) is 5.10 Å². The number of aromatic carboxylic acids is 1. The van der Waals surface area contributed by atoms with Gasteiger partial charge in [0.2, 0.25) is 0 Å². The summed E-state index contributed by atoms with van der Waals surface area (Å²) >= 11 is 0. The minimum atomic E-state index is -3.92. The third-order valence-corrected chi connectivity index (χ3v) is 5.56. The van der Waals surface area contributed by atoms with Gasteiger partial charge >= 0.3 is 5.97 Å². The zero-order valence-corrected chi connectivity index (χ0v) is 15.7. The average molecular weight is 399 g/mol. The van der Waals surface area contributed by atoms with Gasteiger partial charge in [0.15, 0.2) is 0 Å². The molecule has 0 aliphatic carbocycles. The van der Waals surface area contributed by atoms with Crippen LogP contribution in [0.25, 0.3) is 11.3 Å². The first kappa shape index (κ1) is 19.3. The number of anilines is 1. The van der Waals surface area contributed by atoms with E-state index in [-0.39, 0.29) is 21.7 Å². The van der Waals surface area contributed by atoms with Crippen molar-refractivity contribution in [1.29, 1.82) is 0 Å². The molecule has 0 amide bonds. The van der Waals surface area contributed by atoms with Crippen molar-refractivity contribution in [3.8, 4) is 11.3 Å². The van der Waals surface area contributed by atoms with Gasteiger partial charge in [-0.3, -0.25) is 9.52 Å². The molecule has 8 nitrogen and oxygen atoms in total. The van der Waals surface area contributed by atoms with Crippen LogP contribution < -0.4 is 10.3 Å². The second kappa shape index (κ2) is 7.65. The van der Waals surface area contributed by atoms with Gasteiger partial charge in [0, 0.05) is 17.3 Å². The van der Waals surface area contributed by atoms with E-state index in [4.69, 9.17) is 5.11 Å². The summed E-state index contributed by atoms with van der Waals surface area (Å²) < 4.78 is 28.3. The molecule has 3 N–H and O–H groups in total. The molecular formula is C19H17N3O5S. The topological polar surface area (TPSA) is 129 Å². The summed E-state index contributed by atoms with van der Waals surface area (Å²) in [6.45, 7) is 1.84. The number of H-pyrrole nitrogens is 1. The minimum Gasteiger partial charge on any atom is -0.478 e. The predicted octanol–water partition coefficient (Wildman–Crippen LogP) is 2.50. The summed E-state index contributed by atoms with van der Waals surface area (Å²) in [5.74, 6) is -1.09. The van der Waals surface area contributed by atoms with Gasteiger partial charge in [-0.1, -0.05) is 19.1 Å². The molecule has 144 valence electrons. The molecule has 0 fully saturated rings. The molecule has 3 aromatic rings. The van der Waals surface area contributed by atoms with Crippen LogP contribution in [0.15, 0.2) is 64.3 Å². The predicted molar refractivity (Wildman–Crippen MR) is 104 cm³/mol. The molecular weight excluding hydrogens is 382 g/mol. The molecule has 2 aromatic carbocycles. The first-order chi connectivity index (χ1) is 13.3. The number of rotatable bonds is 6. The van der Waals surface area contributed by atoms with Gasteiger partial charge in [-0.25, -0.2) is 18.3 Å². The fourth-order valence-electron chi connectivity index (χ4n) is 2.65. The molecule has 1 heterocycles. The number of aryl methyl sites for hydroxylation is 1. The number of hydrogen-bond acceptors (Lipinski definition) is 5. The summed E-state index contributed by atoms with van der Waals surface area (Å²) in [4.78, 5) is 22.2. The van der Waals surface area contributed by atoms with Crippen LogP contribution in [0.2, 0.25) is 0 Å². The lowest BCUT2D eigenvalue weighted by Gasteiger charge is -2.13. The van der Waals surface area contributed by atoms with Gasteiger partial charge < -0.3 is 5.11 Å². The summed E-state index contributed by atoms with van der Waals surface area (Å²) in [6.07, 6.45) is 0.494. The van der Waals surface area contributed by atoms with Gasteiger partial charge in [-0.05, 0) is 48.4 Å². The largest absolute Gasteiger partial charge is 0.478 e. The number of aromatic amines is 1. The Morgan fingerprint density at radius 1 is 1.11 bits per heavy atom. The average Bonchev–Trinajstić information content (AvgIpc) is 2.68. The van der Waals surface area contributed by atoms with E-state index in [1.165, 1.54) is 42.5 Å². The van der Waals surface area contributed by atoms with E-state index in [2.05, 4.69) is 14.9 Å². The molecule has 28 heavy (non-hydrogen) atoms. The highest BCUT2D eigenvalue weighted by atomic mass is 32.2. The first-order valence-corrected chi connectivity index (χ1v) is 9.83. The van der Waals surface area contributed by atoms with Gasteiger partial charge in [0.25, 0.3) is 15.6 Å². The Labute approximate surface area is 160 Å². The number of carbonyl (C=O) groups is 1. The Morgan fingerprint density at radius 3 is 2.39 bits per heavy atom. The molecule has 0 bridgehead atoms. The first-order valence-electron chi connectivity index (χ1n) is 8.35. The van der Waals surface area contributed by atoms with Crippen molar-refractivity contribution in [1.82, 2.24) is 10.2 Å². The standard InChI is InChI=1S/C19H17N3O5S/c1-2-12-3-4-14(16-9-10-18(23)21-20-16)11-17(12)28(26,27)22-15-7-5-13(6-8-15)19(24)25/h3-11,22H,2H2,1H3,(H,21,23)(H,24,25). The second-order valence-corrected chi connectivity index (χ2v) is 7.62. The number of hydrogen-bond donors (Lipinski definition) is 3. The Hall–Kier alpha value is -3.46. The highest BCUT2D eigenvalue weighted by Gasteiger charge is 2.19. The number of carboxylic acid groups (broad SMARTS) is 1. The van der Waals surface area contributed by atoms with Crippen molar-refractivity contribution in [2.75, 3.05) is 4.72 Å². The van der Waals surface area contributed by atoms with Crippen molar-refractivity contribution >= 4 is 21.7 Å². The lowest BCUT2D eigenvalue weighted by molar-refractivity contribution is 0.0697. The van der Waals surface area contributed by atoms with Crippen LogP contribution in [0.4, 0.5) is 5.69 Å². The zero-order valence-electron chi connectivity index (χ0n) is 14.8. The molecule has 3 rings (SSSR count). The van der Waals surface area contributed by atoms with E-state index < -0.39 is 16.0 Å². The van der Waals surface area contributed by atoms with Crippen LogP contribution in [0, 0.1) is 0 Å². The smallest absolute Gasteiger partial charge is 0.335 e. The molecule has 0 radical (unpaired) electrons. The van der Waals surface area contributed by atoms with Crippen LogP contribution in [0.3, 0.4) is 0 Å². The van der Waals surface area contributed by atoms with Gasteiger partial charge in [0.1, 0.15) is 0 Å². The lowest BCUT2D eigenvalue weighted by atomic mass is 10.1. The summed E-state index contributed by atoms with van der Waals surface area (Å²) in [7, 11) is -3.92. The van der Waals surface area contributed by atoms with E-state index >= 15 is 0 Å². The SMILES string of the molecule is CCc1ccc(-c2ccc(=O)[nH]n2)cc1S(=O)(=O)Nc1ccc(C(=O)O)cc1. The van der Waals surface area contributed by atoms with E-state index in [1.54, 1.807) is 12.1 Å². The molecule has 9 heteroatoms. The molecule has 0 aliphatic heterocycles. The molecule has 0 atom stereocenters. The number of nitrogens with one attached hydrogen (secondary N) is 2. The van der Waals surface area contributed by atoms with Crippen LogP contribution in [0.5, 0.6) is 0 Å². The maximum Gasteiger partial charge on any atom is 0.335 e. The molecule has 0 saturated carbocycles. The van der Waals surface area contributed by atoms with Crippen LogP contribution in [-0.2, 0) is 16.4 Å². The second-order valence-electron chi connectivity index (χ2n) is 5.97. The third-order valence-electron chi connectivity index (χ3n) is 4.10. The molecule has 0 unspecified atom stereocenters. The number of benzene rings is 2. The van der Waals surface area contributed by atoms with Crippen molar-refractivity contribution in [2.24, 2.45) is 0 Å². The molecule has 0 spiro atoms. The third kappa shape index (κ3) is 4.09. The lowest BCUT2D eigenvalue weighted by Crippen LogP contribution is -2.15. The number of aromatic nitrogens is 2. The van der Waals surface area contributed by atoms with Crippen molar-refractivity contribution in [2.45, 2.75) is 18.2 Å². The maximum absolute atomic E-state index is 12.9. The van der Waals surface area contributed by atoms with Crippen LogP contribution in [-0.4, -0.2) is 29.7 Å². The molecule has 0 aliphatic rings. The number of sulfonamides is 1. The Morgan fingerprint density at radius 2 is 1.82 bits per heavy atom. The zero-order chi connectivity index (χ0) is 20.3. The Kier molecular flexibility index (Phi) is 5.27. The van der Waals surface area contributed by atoms with Gasteiger partial charge in [0.05, 0.1) is 16.2 Å². The fourth-order valence-corrected chi connectivity index (χ4v) is 4.05. The molecule has 1 aromatic heterocycles. The summed E-state index contributed by atoms with van der Waals surface area (Å²) in [5.41, 5.74) is 1.54. The fraction of sp³-hybridized carbons (Fsp3) is 0.105. The quantitative estimate of drug-likeness (QED) is 0.584. The van der Waals surface area contributed by atoms with E-state index in [0.717, 1.165) is 0 Å². The minimum absolute atomic E-state index is 0.0586. The summed E-state index contributed by atoms with van der Waals surface area (Å²) in [5, 5.41) is 15.2. The molecule has 0 saturated heterocycles. The van der Waals surface area contributed by atoms with E-state index in [9.17, 15) is 18.0 Å². The highest BCUT2D eigenvalue weighted by molar-refractivity contribution is 7.92. The maximum atomic E-state index is 12.9. The normalized spacial score (nSPS) is 11.2. The van der Waals surface area contributed by atoms with Crippen LogP contribution in [0.1, 0.15) is 22.8 Å². The van der Waals surface area contributed by atoms with Gasteiger partial charge in [-0.15, -0.1) is 0 Å². The highest BCUT2D eigenvalue weighted by Crippen LogP contribution is 2.26. The van der Waals surface area contributed by atoms with E-state index in [1.807, 2.05) is 6.92 Å². The van der Waals surface area contributed by atoms with Crippen molar-refractivity contribution in [3.63, 3.8) is 0 Å². The Balaban J connectivity index is 1.99. The van der Waals surface area contributed by atoms with E-state index in [0.29, 0.717) is 23.2 Å². The Bertz CT molecular complexity index is 1160. The van der Waals surface area contributed by atoms with Crippen molar-refractivity contribution in [3.05, 3.63) is 76.1 Å². The van der Waals surface area contributed by atoms with Crippen molar-refractivity contribution < 1.29 is 18.3 Å². The number of carboxylic acids is 1. The van der Waals surface area contributed by atoms with Crippen LogP contribution >= 0.6 is 0 Å².